The zero-order valence-electron chi connectivity index (χ0n) is 15.8. The largest absolute Gasteiger partial charge is 0.481 e. The summed E-state index contributed by atoms with van der Waals surface area (Å²) in [6, 6.07) is 9.24. The van der Waals surface area contributed by atoms with E-state index >= 15 is 0 Å². The molecule has 148 valence electrons. The third-order valence-electron chi connectivity index (χ3n) is 4.14. The minimum absolute atomic E-state index is 0.168. The van der Waals surface area contributed by atoms with Gasteiger partial charge in [-0.3, -0.25) is 0 Å². The van der Waals surface area contributed by atoms with Gasteiger partial charge in [-0.1, -0.05) is 54.9 Å². The molecule has 0 bridgehead atoms. The molecule has 0 radical (unpaired) electrons. The highest BCUT2D eigenvalue weighted by molar-refractivity contribution is 7.99. The first-order valence-electron chi connectivity index (χ1n) is 8.75. The fourth-order valence-electron chi connectivity index (χ4n) is 2.87. The van der Waals surface area contributed by atoms with Gasteiger partial charge < -0.3 is 14.4 Å². The second kappa shape index (κ2) is 9.18. The molecule has 0 spiro atoms. The van der Waals surface area contributed by atoms with Crippen LogP contribution in [0.1, 0.15) is 36.8 Å². The fourth-order valence-corrected chi connectivity index (χ4v) is 4.78. The summed E-state index contributed by atoms with van der Waals surface area (Å²) >= 11 is 13.9. The molecule has 1 aromatic carbocycles. The van der Waals surface area contributed by atoms with E-state index in [1.807, 2.05) is 28.8 Å². The van der Waals surface area contributed by atoms with E-state index in [1.165, 1.54) is 11.8 Å². The number of hydrogen-bond donors (Lipinski definition) is 1. The lowest BCUT2D eigenvalue weighted by Gasteiger charge is -2.14. The second-order valence-corrected chi connectivity index (χ2v) is 8.43. The number of aliphatic hydroxyl groups is 1. The quantitative estimate of drug-likeness (QED) is 0.535. The van der Waals surface area contributed by atoms with Crippen molar-refractivity contribution in [3.8, 4) is 5.88 Å². The molecule has 2 heterocycles. The SMILES string of the molecule is COc1ncccc1Cn1c(CO)nc(C(C)C)c1Sc1cc(Cl)cc(Cl)c1. The zero-order chi connectivity index (χ0) is 20.3. The van der Waals surface area contributed by atoms with Crippen molar-refractivity contribution in [3.05, 3.63) is 63.7 Å². The van der Waals surface area contributed by atoms with Crippen LogP contribution in [0.4, 0.5) is 0 Å². The molecule has 0 aliphatic carbocycles. The molecule has 0 unspecified atom stereocenters. The maximum absolute atomic E-state index is 9.92. The van der Waals surface area contributed by atoms with Gasteiger partial charge in [-0.15, -0.1) is 0 Å². The molecule has 3 aromatic rings. The first-order valence-corrected chi connectivity index (χ1v) is 10.3. The lowest BCUT2D eigenvalue weighted by molar-refractivity contribution is 0.264. The predicted octanol–water partition coefficient (Wildman–Crippen LogP) is 5.41. The molecule has 0 saturated heterocycles. The average Bonchev–Trinajstić information content (AvgIpc) is 2.99. The highest BCUT2D eigenvalue weighted by Gasteiger charge is 2.21. The molecule has 0 amide bonds. The summed E-state index contributed by atoms with van der Waals surface area (Å²) in [4.78, 5) is 9.86. The molecule has 0 saturated carbocycles. The molecule has 0 aliphatic rings. The second-order valence-electron chi connectivity index (χ2n) is 6.50. The maximum Gasteiger partial charge on any atom is 0.218 e. The number of halogens is 2. The Hall–Kier alpha value is -1.73. The van der Waals surface area contributed by atoms with E-state index in [-0.39, 0.29) is 12.5 Å². The van der Waals surface area contributed by atoms with Gasteiger partial charge in [0.25, 0.3) is 0 Å². The van der Waals surface area contributed by atoms with Crippen LogP contribution < -0.4 is 4.74 Å². The summed E-state index contributed by atoms with van der Waals surface area (Å²) in [5.74, 6) is 1.32. The van der Waals surface area contributed by atoms with Crippen molar-refractivity contribution in [1.82, 2.24) is 14.5 Å². The lowest BCUT2D eigenvalue weighted by Crippen LogP contribution is -2.08. The van der Waals surface area contributed by atoms with E-state index in [4.69, 9.17) is 27.9 Å². The normalized spacial score (nSPS) is 11.2. The monoisotopic (exact) mass is 437 g/mol. The number of methoxy groups -OCH3 is 1. The van der Waals surface area contributed by atoms with Crippen LogP contribution >= 0.6 is 35.0 Å². The van der Waals surface area contributed by atoms with Crippen molar-refractivity contribution >= 4 is 35.0 Å². The number of benzene rings is 1. The van der Waals surface area contributed by atoms with E-state index in [2.05, 4.69) is 23.8 Å². The number of rotatable bonds is 7. The Morgan fingerprint density at radius 2 is 1.93 bits per heavy atom. The average molecular weight is 438 g/mol. The summed E-state index contributed by atoms with van der Waals surface area (Å²) in [5.41, 5.74) is 1.81. The standard InChI is InChI=1S/C20H21Cl2N3O2S/c1-12(2)18-20(28-16-8-14(21)7-15(22)9-16)25(17(11-26)24-18)10-13-5-4-6-23-19(13)27-3/h4-9,12,26H,10-11H2,1-3H3. The molecule has 3 rings (SSSR count). The van der Waals surface area contributed by atoms with E-state index in [0.717, 1.165) is 21.2 Å². The molecular weight excluding hydrogens is 417 g/mol. The Kier molecular flexibility index (Phi) is 6.88. The summed E-state index contributed by atoms with van der Waals surface area (Å²) in [7, 11) is 1.59. The Labute approximate surface area is 178 Å². The summed E-state index contributed by atoms with van der Waals surface area (Å²) in [6.07, 6.45) is 1.69. The lowest BCUT2D eigenvalue weighted by atomic mass is 10.1. The third-order valence-corrected chi connectivity index (χ3v) is 5.67. The Morgan fingerprint density at radius 1 is 1.21 bits per heavy atom. The van der Waals surface area contributed by atoms with E-state index < -0.39 is 0 Å². The number of pyridine rings is 1. The van der Waals surface area contributed by atoms with Crippen LogP contribution in [0.25, 0.3) is 0 Å². The highest BCUT2D eigenvalue weighted by Crippen LogP contribution is 2.37. The van der Waals surface area contributed by atoms with Gasteiger partial charge in [-0.25, -0.2) is 9.97 Å². The molecule has 8 heteroatoms. The number of aromatic nitrogens is 3. The van der Waals surface area contributed by atoms with Crippen LogP contribution in [0.5, 0.6) is 5.88 Å². The molecule has 1 N–H and O–H groups in total. The summed E-state index contributed by atoms with van der Waals surface area (Å²) < 4.78 is 7.38. The molecule has 2 aromatic heterocycles. The van der Waals surface area contributed by atoms with Crippen molar-refractivity contribution in [2.45, 2.75) is 42.8 Å². The van der Waals surface area contributed by atoms with Gasteiger partial charge in [0.05, 0.1) is 19.3 Å². The predicted molar refractivity (Wildman–Crippen MR) is 113 cm³/mol. The van der Waals surface area contributed by atoms with Crippen molar-refractivity contribution in [1.29, 1.82) is 0 Å². The Balaban J connectivity index is 2.09. The van der Waals surface area contributed by atoms with Gasteiger partial charge in [0.15, 0.2) is 0 Å². The van der Waals surface area contributed by atoms with Crippen LogP contribution in [-0.2, 0) is 13.2 Å². The molecule has 5 nitrogen and oxygen atoms in total. The first-order chi connectivity index (χ1) is 13.4. The smallest absolute Gasteiger partial charge is 0.218 e. The van der Waals surface area contributed by atoms with Gasteiger partial charge >= 0.3 is 0 Å². The molecule has 0 fully saturated rings. The number of hydrogen-bond acceptors (Lipinski definition) is 5. The van der Waals surface area contributed by atoms with Gasteiger partial charge in [0, 0.05) is 26.7 Å². The number of nitrogens with zero attached hydrogens (tertiary/aromatic N) is 3. The van der Waals surface area contributed by atoms with E-state index in [1.54, 1.807) is 19.4 Å². The topological polar surface area (TPSA) is 60.2 Å². The summed E-state index contributed by atoms with van der Waals surface area (Å²) in [6.45, 7) is 4.46. The van der Waals surface area contributed by atoms with Crippen LogP contribution in [0, 0.1) is 0 Å². The van der Waals surface area contributed by atoms with Crippen LogP contribution in [0.15, 0.2) is 46.5 Å². The van der Waals surface area contributed by atoms with Crippen LogP contribution in [-0.4, -0.2) is 26.8 Å². The van der Waals surface area contributed by atoms with E-state index in [0.29, 0.717) is 28.3 Å². The fraction of sp³-hybridized carbons (Fsp3) is 0.300. The van der Waals surface area contributed by atoms with Crippen molar-refractivity contribution in [2.75, 3.05) is 7.11 Å². The highest BCUT2D eigenvalue weighted by atomic mass is 35.5. The van der Waals surface area contributed by atoms with E-state index in [9.17, 15) is 5.11 Å². The van der Waals surface area contributed by atoms with Crippen LogP contribution in [0.3, 0.4) is 0 Å². The van der Waals surface area contributed by atoms with Gasteiger partial charge in [0.1, 0.15) is 17.5 Å². The van der Waals surface area contributed by atoms with Crippen molar-refractivity contribution in [3.63, 3.8) is 0 Å². The van der Waals surface area contributed by atoms with Crippen molar-refractivity contribution < 1.29 is 9.84 Å². The maximum atomic E-state index is 9.92. The number of ether oxygens (including phenoxy) is 1. The van der Waals surface area contributed by atoms with Crippen LogP contribution in [0.2, 0.25) is 10.0 Å². The molecule has 28 heavy (non-hydrogen) atoms. The minimum Gasteiger partial charge on any atom is -0.481 e. The Morgan fingerprint density at radius 3 is 2.54 bits per heavy atom. The molecule has 0 atom stereocenters. The first kappa shape index (κ1) is 21.0. The summed E-state index contributed by atoms with van der Waals surface area (Å²) in [5, 5.41) is 12.0. The third kappa shape index (κ3) is 4.63. The number of aliphatic hydroxyl groups excluding tert-OH is 1. The number of imidazole rings is 1. The van der Waals surface area contributed by atoms with Gasteiger partial charge in [-0.05, 0) is 30.2 Å². The Bertz CT molecular complexity index is 956. The molecular formula is C20H21Cl2N3O2S. The van der Waals surface area contributed by atoms with Gasteiger partial charge in [-0.2, -0.15) is 0 Å². The van der Waals surface area contributed by atoms with Crippen molar-refractivity contribution in [2.24, 2.45) is 0 Å². The molecule has 0 aliphatic heterocycles. The zero-order valence-corrected chi connectivity index (χ0v) is 18.1. The minimum atomic E-state index is -0.168. The van der Waals surface area contributed by atoms with Gasteiger partial charge in [0.2, 0.25) is 5.88 Å².